The Hall–Kier alpha value is -0.110. The second-order valence-electron chi connectivity index (χ2n) is 1.65. The first-order chi connectivity index (χ1) is 4.66. The molecule has 1 aromatic rings. The molecule has 5 heteroatoms. The monoisotopic (exact) mass is 237 g/mol. The molecular formula is C5H3BrClN2S+. The number of hydrogen-bond acceptors (Lipinski definition) is 2. The molecule has 0 spiro atoms. The number of thiazole rings is 1. The molecule has 1 heterocycles. The Kier molecular flexibility index (Phi) is 2.29. The first kappa shape index (κ1) is 7.99. The van der Waals surface area contributed by atoms with Gasteiger partial charge in [0.15, 0.2) is 6.07 Å². The van der Waals surface area contributed by atoms with E-state index in [2.05, 4.69) is 19.8 Å². The smallest absolute Gasteiger partial charge is 0.187 e. The van der Waals surface area contributed by atoms with Crippen molar-refractivity contribution in [3.05, 3.63) is 15.0 Å². The average molecular weight is 239 g/mol. The fraction of sp³-hybridized carbons (Fsp3) is 0.200. The Morgan fingerprint density at radius 2 is 2.40 bits per heavy atom. The molecule has 2 nitrogen and oxygen atoms in total. The number of nitriles is 1. The second-order valence-corrected chi connectivity index (χ2v) is 5.48. The van der Waals surface area contributed by atoms with E-state index in [0.29, 0.717) is 15.0 Å². The predicted octanol–water partition coefficient (Wildman–Crippen LogP) is 2.82. The molecule has 0 aromatic carbocycles. The lowest BCUT2D eigenvalue weighted by molar-refractivity contribution is 1.25. The maximum Gasteiger partial charge on any atom is 0.351 e. The number of rotatable bonds is 0. The summed E-state index contributed by atoms with van der Waals surface area (Å²) in [6.07, 6.45) is 0. The van der Waals surface area contributed by atoms with Gasteiger partial charge in [-0.1, -0.05) is 0 Å². The fourth-order valence-electron chi connectivity index (χ4n) is 0.558. The molecule has 0 N–H and O–H groups in total. The van der Waals surface area contributed by atoms with E-state index < -0.39 is 8.90 Å². The van der Waals surface area contributed by atoms with E-state index in [-0.39, 0.29) is 0 Å². The molecule has 0 amide bonds. The molecule has 0 aliphatic heterocycles. The van der Waals surface area contributed by atoms with E-state index in [1.807, 2.05) is 6.07 Å². The van der Waals surface area contributed by atoms with Gasteiger partial charge in [-0.05, 0) is 18.5 Å². The van der Waals surface area contributed by atoms with Gasteiger partial charge >= 0.3 is 4.47 Å². The predicted molar refractivity (Wildman–Crippen MR) is 45.5 cm³/mol. The largest absolute Gasteiger partial charge is 0.351 e. The number of halogens is 2. The van der Waals surface area contributed by atoms with Gasteiger partial charge < -0.3 is 0 Å². The van der Waals surface area contributed by atoms with Crippen LogP contribution in [0.2, 0.25) is 4.47 Å². The second kappa shape index (κ2) is 2.87. The van der Waals surface area contributed by atoms with Crippen LogP contribution in [0.4, 0.5) is 0 Å². The Morgan fingerprint density at radius 1 is 1.80 bits per heavy atom. The van der Waals surface area contributed by atoms with E-state index in [9.17, 15) is 0 Å². The highest BCUT2D eigenvalue weighted by Gasteiger charge is 2.22. The minimum atomic E-state index is -0.439. The maximum atomic E-state index is 8.56. The summed E-state index contributed by atoms with van der Waals surface area (Å²) in [7, 11) is -0.439. The Balaban J connectivity index is 3.37. The number of hydrogen-bond donors (Lipinski definition) is 0. The molecule has 1 aromatic heterocycles. The zero-order valence-electron chi connectivity index (χ0n) is 5.06. The van der Waals surface area contributed by atoms with Gasteiger partial charge in [-0.2, -0.15) is 10.2 Å². The van der Waals surface area contributed by atoms with Crippen molar-refractivity contribution in [3.63, 3.8) is 0 Å². The molecule has 1 rings (SSSR count). The van der Waals surface area contributed by atoms with Crippen molar-refractivity contribution in [2.24, 2.45) is 0 Å². The van der Waals surface area contributed by atoms with Crippen LogP contribution in [-0.2, 0) is 0 Å². The molecule has 0 bridgehead atoms. The summed E-state index contributed by atoms with van der Waals surface area (Å²) in [4.78, 5) is 4.56. The highest BCUT2D eigenvalue weighted by Crippen LogP contribution is 2.39. The first-order valence-corrected chi connectivity index (χ1v) is 5.87. The third kappa shape index (κ3) is 1.17. The van der Waals surface area contributed by atoms with Gasteiger partial charge in [0.25, 0.3) is 19.7 Å². The molecule has 10 heavy (non-hydrogen) atoms. The third-order valence-corrected chi connectivity index (χ3v) is 5.14. The lowest BCUT2D eigenvalue weighted by Crippen LogP contribution is -1.72. The van der Waals surface area contributed by atoms with Gasteiger partial charge in [-0.25, -0.2) is 0 Å². The minimum Gasteiger partial charge on any atom is -0.187 e. The van der Waals surface area contributed by atoms with E-state index in [1.54, 1.807) is 6.92 Å². The molecule has 0 saturated carbocycles. The lowest BCUT2D eigenvalue weighted by atomic mass is 10.4. The van der Waals surface area contributed by atoms with Crippen molar-refractivity contribution in [3.8, 4) is 6.07 Å². The van der Waals surface area contributed by atoms with Gasteiger partial charge in [0.05, 0.1) is 0 Å². The summed E-state index contributed by atoms with van der Waals surface area (Å²) in [5.74, 6) is 0. The van der Waals surface area contributed by atoms with Gasteiger partial charge in [0, 0.05) is 0 Å². The Labute approximate surface area is 73.6 Å². The van der Waals surface area contributed by atoms with Gasteiger partial charge in [-0.3, -0.25) is 0 Å². The van der Waals surface area contributed by atoms with Gasteiger partial charge in [-0.15, -0.1) is 0 Å². The molecule has 0 fully saturated rings. The number of aryl methyl sites for hydroxylation is 1. The Morgan fingerprint density at radius 3 is 2.60 bits per heavy atom. The van der Waals surface area contributed by atoms with Crippen molar-refractivity contribution in [2.75, 3.05) is 0 Å². The molecular weight excluding hydrogens is 235 g/mol. The highest BCUT2D eigenvalue weighted by atomic mass is 79.9. The number of aromatic nitrogens is 1. The molecule has 0 saturated heterocycles. The first-order valence-electron chi connectivity index (χ1n) is 2.42. The summed E-state index contributed by atoms with van der Waals surface area (Å²) in [6.45, 7) is 1.77. The molecule has 1 atom stereocenters. The molecule has 52 valence electrons. The van der Waals surface area contributed by atoms with Gasteiger partial charge in [0.1, 0.15) is 14.6 Å². The molecule has 0 radical (unpaired) electrons. The Bertz CT molecular complexity index is 301. The normalized spacial score (nSPS) is 11.2. The van der Waals surface area contributed by atoms with Crippen LogP contribution in [0.25, 0.3) is 0 Å². The third-order valence-electron chi connectivity index (χ3n) is 1.01. The number of nitrogens with zero attached hydrogens (tertiary/aromatic N) is 2. The van der Waals surface area contributed by atoms with Crippen LogP contribution in [0, 0.1) is 18.3 Å². The average Bonchev–Trinajstić information content (AvgIpc) is 2.09. The zero-order valence-corrected chi connectivity index (χ0v) is 8.22. The quantitative estimate of drug-likeness (QED) is 0.652. The van der Waals surface area contributed by atoms with Crippen LogP contribution in [0.1, 0.15) is 10.6 Å². The molecule has 1 unspecified atom stereocenters. The van der Waals surface area contributed by atoms with E-state index in [0.717, 1.165) is 0 Å². The van der Waals surface area contributed by atoms with Crippen molar-refractivity contribution in [1.82, 2.24) is 4.98 Å². The van der Waals surface area contributed by atoms with Crippen LogP contribution in [0.3, 0.4) is 0 Å². The lowest BCUT2D eigenvalue weighted by Gasteiger charge is -1.70. The summed E-state index contributed by atoms with van der Waals surface area (Å²) in [5, 5.41) is 8.56. The fourth-order valence-corrected chi connectivity index (χ4v) is 2.82. The van der Waals surface area contributed by atoms with E-state index >= 15 is 0 Å². The summed E-state index contributed by atoms with van der Waals surface area (Å²) in [5.41, 5.74) is 0.715. The van der Waals surface area contributed by atoms with Crippen molar-refractivity contribution >= 4 is 35.3 Å². The van der Waals surface area contributed by atoms with E-state index in [1.165, 1.54) is 0 Å². The zero-order chi connectivity index (χ0) is 7.72. The topological polar surface area (TPSA) is 36.7 Å². The van der Waals surface area contributed by atoms with Crippen molar-refractivity contribution in [2.45, 2.75) is 6.92 Å². The molecule has 0 aliphatic carbocycles. The highest BCUT2D eigenvalue weighted by molar-refractivity contribution is 9.34. The van der Waals surface area contributed by atoms with E-state index in [4.69, 9.17) is 16.9 Å². The van der Waals surface area contributed by atoms with Crippen LogP contribution in [0.15, 0.2) is 0 Å². The van der Waals surface area contributed by atoms with Gasteiger partial charge in [0.2, 0.25) is 0 Å². The minimum absolute atomic E-state index is 0.439. The summed E-state index contributed by atoms with van der Waals surface area (Å²) in [6, 6.07) is 2.04. The van der Waals surface area contributed by atoms with Crippen LogP contribution in [-0.4, -0.2) is 4.98 Å². The van der Waals surface area contributed by atoms with Crippen LogP contribution in [0.5, 0.6) is 0 Å². The maximum absolute atomic E-state index is 8.56. The van der Waals surface area contributed by atoms with Crippen molar-refractivity contribution in [1.29, 1.82) is 5.26 Å². The summed E-state index contributed by atoms with van der Waals surface area (Å²) < 4.78 is 0.467. The van der Waals surface area contributed by atoms with Crippen LogP contribution < -0.4 is 0 Å². The SMILES string of the molecule is Cc1nc(Cl)[s+](Br)c1C#N. The van der Waals surface area contributed by atoms with Crippen LogP contribution >= 0.6 is 35.3 Å². The molecule has 0 aliphatic rings. The standard InChI is InChI=1S/C5H3BrClN2S/c1-3-4(2-8)10(6)5(7)9-3/h1H3/q+1. The van der Waals surface area contributed by atoms with Crippen molar-refractivity contribution < 1.29 is 0 Å². The summed E-state index contributed by atoms with van der Waals surface area (Å²) >= 11 is 8.91.